The number of carbonyl (C=O) groups is 2. The van der Waals surface area contributed by atoms with E-state index in [0.29, 0.717) is 22.6 Å². The number of fused-ring (bicyclic) bond motifs is 1. The number of allylic oxidation sites excluding steroid dienone is 3. The van der Waals surface area contributed by atoms with Crippen LogP contribution in [0.5, 0.6) is 0 Å². The first-order chi connectivity index (χ1) is 18.9. The van der Waals surface area contributed by atoms with E-state index in [1.165, 1.54) is 6.08 Å². The summed E-state index contributed by atoms with van der Waals surface area (Å²) in [4.78, 5) is 37.8. The number of benzene rings is 2. The number of amides is 2. The summed E-state index contributed by atoms with van der Waals surface area (Å²) in [6.07, 6.45) is 14.9. The van der Waals surface area contributed by atoms with Gasteiger partial charge in [-0.3, -0.25) is 14.4 Å². The van der Waals surface area contributed by atoms with Crippen LogP contribution < -0.4 is 5.48 Å². The number of hydroxylamine groups is 1. The highest BCUT2D eigenvalue weighted by atomic mass is 35.5. The molecule has 0 aromatic heterocycles. The summed E-state index contributed by atoms with van der Waals surface area (Å²) < 4.78 is 0. The molecule has 1 aliphatic carbocycles. The Balaban J connectivity index is 1.70. The molecule has 39 heavy (non-hydrogen) atoms. The van der Waals surface area contributed by atoms with Gasteiger partial charge in [0, 0.05) is 28.8 Å². The van der Waals surface area contributed by atoms with Gasteiger partial charge in [0.25, 0.3) is 11.8 Å². The van der Waals surface area contributed by atoms with E-state index in [0.717, 1.165) is 31.2 Å². The van der Waals surface area contributed by atoms with Crippen LogP contribution in [0.15, 0.2) is 77.9 Å². The predicted molar refractivity (Wildman–Crippen MR) is 155 cm³/mol. The van der Waals surface area contributed by atoms with Crippen LogP contribution in [0.25, 0.3) is 0 Å². The van der Waals surface area contributed by atoms with Crippen LogP contribution in [-0.4, -0.2) is 53.8 Å². The van der Waals surface area contributed by atoms with Crippen LogP contribution in [0.2, 0.25) is 0 Å². The first-order valence-corrected chi connectivity index (χ1v) is 13.8. The Hall–Kier alpha value is -3.37. The average Bonchev–Trinajstić information content (AvgIpc) is 2.94. The zero-order valence-corrected chi connectivity index (χ0v) is 23.3. The Morgan fingerprint density at radius 2 is 1.87 bits per heavy atom. The molecule has 0 spiro atoms. The molecule has 0 unspecified atom stereocenters. The van der Waals surface area contributed by atoms with Crippen LogP contribution >= 0.6 is 11.6 Å². The lowest BCUT2D eigenvalue weighted by molar-refractivity contribution is -0.138. The Bertz CT molecular complexity index is 1250. The van der Waals surface area contributed by atoms with E-state index in [4.69, 9.17) is 22.9 Å². The van der Waals surface area contributed by atoms with Crippen LogP contribution in [0.4, 0.5) is 0 Å². The third kappa shape index (κ3) is 6.80. The second-order valence-corrected chi connectivity index (χ2v) is 10.7. The highest BCUT2D eigenvalue weighted by molar-refractivity contribution is 6.31. The Morgan fingerprint density at radius 1 is 1.15 bits per heavy atom. The summed E-state index contributed by atoms with van der Waals surface area (Å²) in [5.41, 5.74) is 4.91. The number of terminal acetylenes is 1. The zero-order valence-electron chi connectivity index (χ0n) is 22.6. The van der Waals surface area contributed by atoms with Crippen molar-refractivity contribution in [2.24, 2.45) is 0 Å². The van der Waals surface area contributed by atoms with Crippen molar-refractivity contribution in [3.05, 3.63) is 94.5 Å². The first kappa shape index (κ1) is 28.6. The minimum atomic E-state index is -0.626. The number of nitrogens with zero attached hydrogens (tertiary/aromatic N) is 2. The summed E-state index contributed by atoms with van der Waals surface area (Å²) in [7, 11) is 4.12. The molecule has 0 bridgehead atoms. The topological polar surface area (TPSA) is 61.9 Å². The van der Waals surface area contributed by atoms with Gasteiger partial charge in [-0.25, -0.2) is 5.48 Å². The highest BCUT2D eigenvalue weighted by Crippen LogP contribution is 2.40. The van der Waals surface area contributed by atoms with Crippen molar-refractivity contribution in [1.29, 1.82) is 0 Å². The molecule has 1 heterocycles. The van der Waals surface area contributed by atoms with E-state index in [1.807, 2.05) is 65.6 Å². The smallest absolute Gasteiger partial charge is 0.254 e. The molecule has 7 heteroatoms. The van der Waals surface area contributed by atoms with Crippen molar-refractivity contribution in [1.82, 2.24) is 15.3 Å². The lowest BCUT2D eigenvalue weighted by Gasteiger charge is -2.50. The quantitative estimate of drug-likeness (QED) is 0.260. The second-order valence-electron chi connectivity index (χ2n) is 10.3. The molecule has 1 N–H and O–H groups in total. The second kappa shape index (κ2) is 13.6. The molecule has 0 radical (unpaired) electrons. The number of nitrogens with one attached hydrogen (secondary N) is 1. The molecule has 4 atom stereocenters. The maximum atomic E-state index is 14.1. The largest absolute Gasteiger partial charge is 0.330 e. The third-order valence-electron chi connectivity index (χ3n) is 7.63. The number of carbonyl (C=O) groups excluding carboxylic acids is 2. The number of halogens is 1. The van der Waals surface area contributed by atoms with Gasteiger partial charge in [-0.2, -0.15) is 0 Å². The SMILES string of the molecule is C#C/C=C(Cl)\C=C/C[C@H]1[C@H](C(=O)NOCc2ccccc2)c2ccccc2C(=O)N1[C@H]1CCCC[C@@H]1N(C)C. The fourth-order valence-electron chi connectivity index (χ4n) is 5.88. The first-order valence-electron chi connectivity index (χ1n) is 13.4. The maximum Gasteiger partial charge on any atom is 0.254 e. The van der Waals surface area contributed by atoms with Crippen LogP contribution in [0, 0.1) is 12.3 Å². The lowest BCUT2D eigenvalue weighted by Crippen LogP contribution is -2.61. The summed E-state index contributed by atoms with van der Waals surface area (Å²) >= 11 is 6.23. The number of rotatable bonds is 9. The number of hydrogen-bond acceptors (Lipinski definition) is 4. The van der Waals surface area contributed by atoms with E-state index in [9.17, 15) is 9.59 Å². The summed E-state index contributed by atoms with van der Waals surface area (Å²) in [5.74, 6) is 1.48. The van der Waals surface area contributed by atoms with Crippen LogP contribution in [0.3, 0.4) is 0 Å². The van der Waals surface area contributed by atoms with Gasteiger partial charge in [0.1, 0.15) is 0 Å². The molecular weight excluding hydrogens is 510 g/mol. The van der Waals surface area contributed by atoms with Crippen molar-refractivity contribution < 1.29 is 14.4 Å². The molecule has 4 rings (SSSR count). The zero-order chi connectivity index (χ0) is 27.8. The standard InChI is InChI=1S/C32H36ClN3O3/c1-4-13-24(33)16-12-21-29-30(31(37)34-39-22-23-14-6-5-7-15-23)25-17-8-9-18-26(25)32(38)36(29)28-20-11-10-19-27(28)35(2)3/h1,5-9,12-18,27-30H,10-11,19-22H2,2-3H3,(H,34,37)/b16-12-,24-13+/t27-,28-,29-,30+/m0/s1. The molecule has 204 valence electrons. The highest BCUT2D eigenvalue weighted by Gasteiger charge is 2.47. The molecule has 0 saturated heterocycles. The Morgan fingerprint density at radius 3 is 2.62 bits per heavy atom. The lowest BCUT2D eigenvalue weighted by atomic mass is 9.77. The van der Waals surface area contributed by atoms with E-state index in [-0.39, 0.29) is 30.5 Å². The van der Waals surface area contributed by atoms with E-state index >= 15 is 0 Å². The Kier molecular flexibility index (Phi) is 10.00. The Labute approximate surface area is 236 Å². The van der Waals surface area contributed by atoms with Crippen molar-refractivity contribution in [3.63, 3.8) is 0 Å². The molecule has 1 fully saturated rings. The summed E-state index contributed by atoms with van der Waals surface area (Å²) in [6, 6.07) is 16.8. The van der Waals surface area contributed by atoms with Gasteiger partial charge in [-0.05, 0) is 56.6 Å². The fraction of sp³-hybridized carbons (Fsp3) is 0.375. The minimum absolute atomic E-state index is 0.0229. The third-order valence-corrected chi connectivity index (χ3v) is 7.87. The van der Waals surface area contributed by atoms with E-state index in [2.05, 4.69) is 30.4 Å². The monoisotopic (exact) mass is 545 g/mol. The van der Waals surface area contributed by atoms with Crippen LogP contribution in [-0.2, 0) is 16.2 Å². The van der Waals surface area contributed by atoms with Gasteiger partial charge >= 0.3 is 0 Å². The molecule has 1 aliphatic heterocycles. The maximum absolute atomic E-state index is 14.1. The summed E-state index contributed by atoms with van der Waals surface area (Å²) in [6.45, 7) is 0.242. The van der Waals surface area contributed by atoms with Crippen molar-refractivity contribution in [2.45, 2.75) is 62.8 Å². The number of likely N-dealkylation sites (N-methyl/N-ethyl adjacent to an activating group) is 1. The van der Waals surface area contributed by atoms with E-state index < -0.39 is 12.0 Å². The van der Waals surface area contributed by atoms with Gasteiger partial charge in [-0.15, -0.1) is 6.42 Å². The van der Waals surface area contributed by atoms with Crippen molar-refractivity contribution in [2.75, 3.05) is 14.1 Å². The van der Waals surface area contributed by atoms with Gasteiger partial charge in [0.05, 0.1) is 18.6 Å². The molecule has 2 amide bonds. The van der Waals surface area contributed by atoms with Gasteiger partial charge in [0.15, 0.2) is 0 Å². The van der Waals surface area contributed by atoms with E-state index in [1.54, 1.807) is 6.08 Å². The van der Waals surface area contributed by atoms with Gasteiger partial charge in [-0.1, -0.05) is 85.0 Å². The van der Waals surface area contributed by atoms with Crippen LogP contribution in [0.1, 0.15) is 59.5 Å². The normalized spacial score (nSPS) is 23.5. The van der Waals surface area contributed by atoms with Crippen molar-refractivity contribution >= 4 is 23.4 Å². The van der Waals surface area contributed by atoms with Gasteiger partial charge < -0.3 is 9.80 Å². The molecule has 1 saturated carbocycles. The summed E-state index contributed by atoms with van der Waals surface area (Å²) in [5, 5.41) is 0.419. The predicted octanol–water partition coefficient (Wildman–Crippen LogP) is 5.42. The number of hydrogen-bond donors (Lipinski definition) is 1. The average molecular weight is 546 g/mol. The molecule has 2 aromatic rings. The fourth-order valence-corrected chi connectivity index (χ4v) is 6.03. The molecular formula is C32H36ClN3O3. The van der Waals surface area contributed by atoms with Gasteiger partial charge in [0.2, 0.25) is 0 Å². The minimum Gasteiger partial charge on any atom is -0.330 e. The molecule has 2 aliphatic rings. The molecule has 6 nitrogen and oxygen atoms in total. The van der Waals surface area contributed by atoms with Crippen molar-refractivity contribution in [3.8, 4) is 12.3 Å². The molecule has 2 aromatic carbocycles.